The number of aliphatic hydroxyl groups excluding tert-OH is 1. The highest BCUT2D eigenvalue weighted by Gasteiger charge is 2.58. The van der Waals surface area contributed by atoms with Gasteiger partial charge in [-0.05, 0) is 110 Å². The molecule has 196 valence electrons. The molecule has 0 radical (unpaired) electrons. The standard InChI is InChI=1S/C29H40N2O5/c1-28-12-9-20(31-36-17-27(35)30-14-11-18-3-7-24(32)25(33)15-18)16-19(28)4-5-21-22-6-8-26(34)29(22,2)13-10-23(21)28/h3,7,15-16,21-23,26,32-34H,4-6,8-14,17H2,1-2H3,(H,30,35)/t21-,22-,23-,26-,28-,29-/m0/s1. The molecule has 3 saturated carbocycles. The SMILES string of the molecule is C[C@]12CC[C@H]3[C@@H](CCC4=CC(=NOCC(=O)NCCc5ccc(O)c(O)c5)CC[C@@]43C)[C@@H]1CC[C@@H]2O. The summed E-state index contributed by atoms with van der Waals surface area (Å²) in [6, 6.07) is 4.64. The molecule has 3 fully saturated rings. The van der Waals surface area contributed by atoms with Gasteiger partial charge in [-0.15, -0.1) is 0 Å². The molecule has 0 heterocycles. The number of nitrogens with zero attached hydrogens (tertiary/aromatic N) is 1. The van der Waals surface area contributed by atoms with Crippen molar-refractivity contribution in [2.75, 3.05) is 13.2 Å². The van der Waals surface area contributed by atoms with E-state index >= 15 is 0 Å². The first-order chi connectivity index (χ1) is 17.2. The maximum absolute atomic E-state index is 12.1. The van der Waals surface area contributed by atoms with E-state index in [2.05, 4.69) is 30.4 Å². The Bertz CT molecular complexity index is 1070. The predicted molar refractivity (Wildman–Crippen MR) is 138 cm³/mol. The Hall–Kier alpha value is -2.54. The van der Waals surface area contributed by atoms with Crippen LogP contribution in [0.2, 0.25) is 0 Å². The number of oxime groups is 1. The maximum Gasteiger partial charge on any atom is 0.260 e. The number of amides is 1. The Morgan fingerprint density at radius 2 is 1.92 bits per heavy atom. The summed E-state index contributed by atoms with van der Waals surface area (Å²) in [5.41, 5.74) is 3.55. The zero-order chi connectivity index (χ0) is 25.5. The minimum atomic E-state index is -0.236. The molecule has 1 aromatic rings. The highest BCUT2D eigenvalue weighted by atomic mass is 16.6. The van der Waals surface area contributed by atoms with Gasteiger partial charge in [-0.2, -0.15) is 0 Å². The Balaban J connectivity index is 1.13. The number of phenols is 2. The van der Waals surface area contributed by atoms with Crippen molar-refractivity contribution in [1.29, 1.82) is 0 Å². The fraction of sp³-hybridized carbons (Fsp3) is 0.655. The van der Waals surface area contributed by atoms with Gasteiger partial charge < -0.3 is 25.5 Å². The van der Waals surface area contributed by atoms with Crippen molar-refractivity contribution >= 4 is 11.6 Å². The Labute approximate surface area is 213 Å². The Morgan fingerprint density at radius 3 is 2.72 bits per heavy atom. The van der Waals surface area contributed by atoms with Crippen LogP contribution in [0.25, 0.3) is 0 Å². The number of carbonyl (C=O) groups is 1. The molecule has 0 aliphatic heterocycles. The van der Waals surface area contributed by atoms with Crippen LogP contribution in [0.5, 0.6) is 11.5 Å². The van der Waals surface area contributed by atoms with Crippen LogP contribution in [0, 0.1) is 28.6 Å². The molecule has 0 spiro atoms. The van der Waals surface area contributed by atoms with E-state index in [1.54, 1.807) is 6.07 Å². The lowest BCUT2D eigenvalue weighted by molar-refractivity contribution is -0.125. The Kier molecular flexibility index (Phi) is 6.79. The van der Waals surface area contributed by atoms with Crippen LogP contribution in [-0.4, -0.2) is 46.2 Å². The third kappa shape index (κ3) is 4.51. The van der Waals surface area contributed by atoms with E-state index < -0.39 is 0 Å². The van der Waals surface area contributed by atoms with Crippen LogP contribution in [-0.2, 0) is 16.1 Å². The van der Waals surface area contributed by atoms with Gasteiger partial charge in [0.15, 0.2) is 18.1 Å². The van der Waals surface area contributed by atoms with Crippen LogP contribution >= 0.6 is 0 Å². The molecule has 7 heteroatoms. The van der Waals surface area contributed by atoms with Gasteiger partial charge in [-0.25, -0.2) is 0 Å². The second kappa shape index (κ2) is 9.73. The molecule has 4 aliphatic rings. The molecule has 1 amide bonds. The molecular weight excluding hydrogens is 456 g/mol. The number of rotatable bonds is 6. The van der Waals surface area contributed by atoms with Crippen molar-refractivity contribution in [1.82, 2.24) is 5.32 Å². The van der Waals surface area contributed by atoms with Crippen molar-refractivity contribution in [3.8, 4) is 11.5 Å². The van der Waals surface area contributed by atoms with Gasteiger partial charge in [-0.1, -0.05) is 30.6 Å². The summed E-state index contributed by atoms with van der Waals surface area (Å²) in [4.78, 5) is 17.5. The summed E-state index contributed by atoms with van der Waals surface area (Å²) in [6.45, 7) is 5.06. The predicted octanol–water partition coefficient (Wildman–Crippen LogP) is 4.45. The van der Waals surface area contributed by atoms with Gasteiger partial charge in [0.25, 0.3) is 5.91 Å². The third-order valence-electron chi connectivity index (χ3n) is 10.1. The highest BCUT2D eigenvalue weighted by molar-refractivity contribution is 5.96. The van der Waals surface area contributed by atoms with Crippen molar-refractivity contribution in [3.63, 3.8) is 0 Å². The number of benzene rings is 1. The number of aromatic hydroxyl groups is 2. The lowest BCUT2D eigenvalue weighted by Crippen LogP contribution is -2.51. The monoisotopic (exact) mass is 496 g/mol. The lowest BCUT2D eigenvalue weighted by atomic mass is 9.47. The molecule has 4 N–H and O–H groups in total. The van der Waals surface area contributed by atoms with Gasteiger partial charge >= 0.3 is 0 Å². The fourth-order valence-corrected chi connectivity index (χ4v) is 7.91. The quantitative estimate of drug-likeness (QED) is 0.343. The van der Waals surface area contributed by atoms with Crippen LogP contribution < -0.4 is 5.32 Å². The number of phenolic OH excluding ortho intramolecular Hbond substituents is 2. The van der Waals surface area contributed by atoms with Gasteiger partial charge in [0.1, 0.15) is 0 Å². The average Bonchev–Trinajstić information content (AvgIpc) is 3.16. The molecule has 0 saturated heterocycles. The maximum atomic E-state index is 12.1. The zero-order valence-electron chi connectivity index (χ0n) is 21.5. The molecule has 5 rings (SSSR count). The van der Waals surface area contributed by atoms with E-state index in [4.69, 9.17) is 4.84 Å². The topological polar surface area (TPSA) is 111 Å². The van der Waals surface area contributed by atoms with Gasteiger partial charge in [0.05, 0.1) is 11.8 Å². The van der Waals surface area contributed by atoms with Crippen LogP contribution in [0.15, 0.2) is 35.0 Å². The van der Waals surface area contributed by atoms with Gasteiger partial charge in [0.2, 0.25) is 0 Å². The van der Waals surface area contributed by atoms with E-state index in [0.717, 1.165) is 43.4 Å². The number of fused-ring (bicyclic) bond motifs is 5. The first-order valence-electron chi connectivity index (χ1n) is 13.6. The summed E-state index contributed by atoms with van der Waals surface area (Å²) in [5, 5.41) is 36.7. The minimum Gasteiger partial charge on any atom is -0.504 e. The van der Waals surface area contributed by atoms with Crippen molar-refractivity contribution in [2.45, 2.75) is 77.7 Å². The molecule has 1 aromatic carbocycles. The van der Waals surface area contributed by atoms with E-state index in [-0.39, 0.29) is 40.9 Å². The molecular formula is C29H40N2O5. The van der Waals surface area contributed by atoms with Crippen LogP contribution in [0.3, 0.4) is 0 Å². The first-order valence-corrected chi connectivity index (χ1v) is 13.6. The van der Waals surface area contributed by atoms with Crippen molar-refractivity contribution < 1.29 is 25.0 Å². The van der Waals surface area contributed by atoms with Crippen LogP contribution in [0.1, 0.15) is 70.8 Å². The smallest absolute Gasteiger partial charge is 0.260 e. The van der Waals surface area contributed by atoms with Crippen LogP contribution in [0.4, 0.5) is 0 Å². The lowest BCUT2D eigenvalue weighted by Gasteiger charge is -2.57. The third-order valence-corrected chi connectivity index (χ3v) is 10.1. The normalized spacial score (nSPS) is 36.4. The second-order valence-electron chi connectivity index (χ2n) is 11.9. The number of nitrogens with one attached hydrogen (secondary N) is 1. The number of allylic oxidation sites excluding steroid dienone is 2. The number of carbonyl (C=O) groups excluding carboxylic acids is 1. The molecule has 0 bridgehead atoms. The largest absolute Gasteiger partial charge is 0.504 e. The van der Waals surface area contributed by atoms with E-state index in [9.17, 15) is 20.1 Å². The molecule has 36 heavy (non-hydrogen) atoms. The summed E-state index contributed by atoms with van der Waals surface area (Å²) < 4.78 is 0. The number of hydrogen-bond donors (Lipinski definition) is 4. The Morgan fingerprint density at radius 1 is 1.08 bits per heavy atom. The highest BCUT2D eigenvalue weighted by Crippen LogP contribution is 2.65. The summed E-state index contributed by atoms with van der Waals surface area (Å²) in [5.74, 6) is 1.50. The van der Waals surface area contributed by atoms with E-state index in [0.29, 0.717) is 30.7 Å². The molecule has 0 aromatic heterocycles. The summed E-state index contributed by atoms with van der Waals surface area (Å²) >= 11 is 0. The minimum absolute atomic E-state index is 0.111. The molecule has 4 aliphatic carbocycles. The zero-order valence-corrected chi connectivity index (χ0v) is 21.5. The van der Waals surface area contributed by atoms with Gasteiger partial charge in [0, 0.05) is 6.54 Å². The van der Waals surface area contributed by atoms with Crippen molar-refractivity contribution in [2.24, 2.45) is 33.7 Å². The number of hydrogen-bond acceptors (Lipinski definition) is 6. The molecule has 6 atom stereocenters. The van der Waals surface area contributed by atoms with Gasteiger partial charge in [-0.3, -0.25) is 4.79 Å². The van der Waals surface area contributed by atoms with E-state index in [1.165, 1.54) is 37.0 Å². The fourth-order valence-electron chi connectivity index (χ4n) is 7.91. The summed E-state index contributed by atoms with van der Waals surface area (Å²) in [7, 11) is 0. The van der Waals surface area contributed by atoms with E-state index in [1.807, 2.05) is 0 Å². The number of aliphatic hydroxyl groups is 1. The molecule has 0 unspecified atom stereocenters. The van der Waals surface area contributed by atoms with Crippen molar-refractivity contribution in [3.05, 3.63) is 35.4 Å². The second-order valence-corrected chi connectivity index (χ2v) is 11.9. The first kappa shape index (κ1) is 25.1. The molecule has 7 nitrogen and oxygen atoms in total. The summed E-state index contributed by atoms with van der Waals surface area (Å²) in [6.07, 6.45) is 11.3. The average molecular weight is 497 g/mol.